The Balaban J connectivity index is 0.000000303. The van der Waals surface area contributed by atoms with Crippen LogP contribution in [0.15, 0.2) is 35.2 Å². The summed E-state index contributed by atoms with van der Waals surface area (Å²) in [5.74, 6) is 0.365. The standard InChI is InChI=1S/C16H26N4O2.C6H6O3S/c1-19(2)16(22)12-5-7-13(8-6-12)18-11-15(21)20-9-3-4-14(20)10-17;7-10(8,9)6-4-2-1-3-5-6/h12-14,18H,3-9,11H2,1-2H3;1-5H,(H,7,8,9)/t12?,13?,14-;/m0./s1. The van der Waals surface area contributed by atoms with Gasteiger partial charge in [0.25, 0.3) is 10.1 Å². The number of rotatable bonds is 5. The first-order chi connectivity index (χ1) is 15.1. The minimum absolute atomic E-state index is 0.0236. The zero-order valence-corrected chi connectivity index (χ0v) is 19.4. The Bertz CT molecular complexity index is 906. The normalized spacial score (nSPS) is 22.9. The van der Waals surface area contributed by atoms with Crippen LogP contribution in [0.1, 0.15) is 38.5 Å². The first kappa shape index (κ1) is 25.8. The van der Waals surface area contributed by atoms with E-state index in [1.807, 2.05) is 0 Å². The Morgan fingerprint density at radius 2 is 1.78 bits per heavy atom. The highest BCUT2D eigenvalue weighted by Crippen LogP contribution is 2.25. The lowest BCUT2D eigenvalue weighted by molar-refractivity contribution is -0.134. The van der Waals surface area contributed by atoms with Crippen molar-refractivity contribution in [1.29, 1.82) is 5.26 Å². The van der Waals surface area contributed by atoms with Gasteiger partial charge in [-0.25, -0.2) is 0 Å². The van der Waals surface area contributed by atoms with Gasteiger partial charge in [0.05, 0.1) is 17.5 Å². The predicted octanol–water partition coefficient (Wildman–Crippen LogP) is 1.67. The van der Waals surface area contributed by atoms with Crippen LogP contribution >= 0.6 is 0 Å². The summed E-state index contributed by atoms with van der Waals surface area (Å²) < 4.78 is 29.2. The number of carbonyl (C=O) groups is 2. The monoisotopic (exact) mass is 464 g/mol. The van der Waals surface area contributed by atoms with Gasteiger partial charge in [-0.2, -0.15) is 13.7 Å². The minimum atomic E-state index is -4.00. The molecule has 0 radical (unpaired) electrons. The van der Waals surface area contributed by atoms with Gasteiger partial charge in [-0.3, -0.25) is 14.1 Å². The van der Waals surface area contributed by atoms with E-state index in [2.05, 4.69) is 11.4 Å². The van der Waals surface area contributed by atoms with Crippen molar-refractivity contribution in [1.82, 2.24) is 15.1 Å². The van der Waals surface area contributed by atoms with Crippen LogP contribution in [-0.4, -0.2) is 73.9 Å². The molecule has 0 aromatic heterocycles. The van der Waals surface area contributed by atoms with Crippen molar-refractivity contribution in [3.63, 3.8) is 0 Å². The summed E-state index contributed by atoms with van der Waals surface area (Å²) in [6.07, 6.45) is 5.33. The highest BCUT2D eigenvalue weighted by atomic mass is 32.2. The van der Waals surface area contributed by atoms with Crippen LogP contribution < -0.4 is 5.32 Å². The van der Waals surface area contributed by atoms with Gasteiger partial charge in [0.1, 0.15) is 6.04 Å². The maximum atomic E-state index is 12.2. The maximum absolute atomic E-state index is 12.2. The molecule has 176 valence electrons. The summed E-state index contributed by atoms with van der Waals surface area (Å²) in [5.41, 5.74) is 0. The molecule has 2 amide bonds. The zero-order chi connectivity index (χ0) is 23.7. The average molecular weight is 465 g/mol. The Labute approximate surface area is 190 Å². The second-order valence-corrected chi connectivity index (χ2v) is 9.75. The Morgan fingerprint density at radius 3 is 2.28 bits per heavy atom. The smallest absolute Gasteiger partial charge is 0.294 e. The fraction of sp³-hybridized carbons (Fsp3) is 0.591. The van der Waals surface area contributed by atoms with Gasteiger partial charge >= 0.3 is 0 Å². The van der Waals surface area contributed by atoms with Crippen molar-refractivity contribution in [2.75, 3.05) is 27.2 Å². The van der Waals surface area contributed by atoms with Crippen LogP contribution in [0.5, 0.6) is 0 Å². The lowest BCUT2D eigenvalue weighted by Gasteiger charge is -2.30. The number of hydrogen-bond acceptors (Lipinski definition) is 6. The molecule has 1 aromatic carbocycles. The molecule has 0 unspecified atom stereocenters. The van der Waals surface area contributed by atoms with E-state index in [4.69, 9.17) is 9.81 Å². The summed E-state index contributed by atoms with van der Waals surface area (Å²) in [5, 5.41) is 12.3. The first-order valence-electron chi connectivity index (χ1n) is 10.8. The second-order valence-electron chi connectivity index (χ2n) is 8.32. The van der Waals surface area contributed by atoms with Crippen molar-refractivity contribution in [2.45, 2.75) is 55.5 Å². The van der Waals surface area contributed by atoms with E-state index in [1.54, 1.807) is 42.1 Å². The molecular formula is C22H32N4O5S. The molecule has 0 spiro atoms. The third-order valence-electron chi connectivity index (χ3n) is 5.82. The van der Waals surface area contributed by atoms with Gasteiger partial charge in [0.15, 0.2) is 0 Å². The van der Waals surface area contributed by atoms with Gasteiger partial charge in [0, 0.05) is 32.6 Å². The van der Waals surface area contributed by atoms with Crippen LogP contribution in [0.25, 0.3) is 0 Å². The maximum Gasteiger partial charge on any atom is 0.294 e. The molecule has 1 aliphatic carbocycles. The van der Waals surface area contributed by atoms with Crippen LogP contribution in [0.3, 0.4) is 0 Å². The SMILES string of the molecule is CN(C)C(=O)C1CCC(NCC(=O)N2CCC[C@H]2C#N)CC1.O=S(=O)(O)c1ccccc1. The summed E-state index contributed by atoms with van der Waals surface area (Å²) >= 11 is 0. The van der Waals surface area contributed by atoms with Gasteiger partial charge in [-0.05, 0) is 50.7 Å². The largest absolute Gasteiger partial charge is 0.349 e. The van der Waals surface area contributed by atoms with Crippen molar-refractivity contribution in [3.8, 4) is 6.07 Å². The topological polar surface area (TPSA) is 131 Å². The van der Waals surface area contributed by atoms with Crippen molar-refractivity contribution < 1.29 is 22.6 Å². The highest BCUT2D eigenvalue weighted by Gasteiger charge is 2.30. The Hall–Kier alpha value is -2.48. The predicted molar refractivity (Wildman–Crippen MR) is 119 cm³/mol. The molecular weight excluding hydrogens is 432 g/mol. The lowest BCUT2D eigenvalue weighted by atomic mass is 9.85. The minimum Gasteiger partial charge on any atom is -0.349 e. The van der Waals surface area contributed by atoms with Crippen molar-refractivity contribution in [3.05, 3.63) is 30.3 Å². The fourth-order valence-corrected chi connectivity index (χ4v) is 4.54. The average Bonchev–Trinajstić information content (AvgIpc) is 3.27. The van der Waals surface area contributed by atoms with Crippen LogP contribution in [0.2, 0.25) is 0 Å². The Morgan fingerprint density at radius 1 is 1.16 bits per heavy atom. The number of benzene rings is 1. The molecule has 1 atom stereocenters. The molecule has 1 saturated heterocycles. The molecule has 1 saturated carbocycles. The van der Waals surface area contributed by atoms with E-state index in [0.29, 0.717) is 19.1 Å². The number of nitrogens with one attached hydrogen (secondary N) is 1. The molecule has 2 fully saturated rings. The third-order valence-corrected chi connectivity index (χ3v) is 6.69. The van der Waals surface area contributed by atoms with Crippen LogP contribution in [0.4, 0.5) is 0 Å². The molecule has 0 bridgehead atoms. The Kier molecular flexibility index (Phi) is 9.62. The number of carbonyl (C=O) groups excluding carboxylic acids is 2. The zero-order valence-electron chi connectivity index (χ0n) is 18.6. The van der Waals surface area contributed by atoms with E-state index >= 15 is 0 Å². The van der Waals surface area contributed by atoms with Gasteiger partial charge in [-0.15, -0.1) is 0 Å². The number of hydrogen-bond donors (Lipinski definition) is 2. The first-order valence-corrected chi connectivity index (χ1v) is 12.2. The molecule has 1 aliphatic heterocycles. The van der Waals surface area contributed by atoms with Crippen LogP contribution in [-0.2, 0) is 19.7 Å². The molecule has 2 N–H and O–H groups in total. The summed E-state index contributed by atoms with van der Waals surface area (Å²) in [7, 11) is -0.406. The third kappa shape index (κ3) is 7.58. The number of nitrogens with zero attached hydrogens (tertiary/aromatic N) is 3. The lowest BCUT2D eigenvalue weighted by Crippen LogP contribution is -2.45. The second kappa shape index (κ2) is 11.9. The molecule has 32 heavy (non-hydrogen) atoms. The molecule has 2 aliphatic rings. The highest BCUT2D eigenvalue weighted by molar-refractivity contribution is 7.85. The van der Waals surface area contributed by atoms with E-state index in [0.717, 1.165) is 38.5 Å². The number of likely N-dealkylation sites (tertiary alicyclic amines) is 1. The van der Waals surface area contributed by atoms with Crippen LogP contribution in [0, 0.1) is 17.2 Å². The number of amides is 2. The summed E-state index contributed by atoms with van der Waals surface area (Å²) in [6.45, 7) is 0.998. The molecule has 10 heteroatoms. The summed E-state index contributed by atoms with van der Waals surface area (Å²) in [4.78, 5) is 27.4. The number of nitriles is 1. The molecule has 1 aromatic rings. The molecule has 1 heterocycles. The van der Waals surface area contributed by atoms with E-state index < -0.39 is 10.1 Å². The van der Waals surface area contributed by atoms with Crippen molar-refractivity contribution >= 4 is 21.9 Å². The van der Waals surface area contributed by atoms with Gasteiger partial charge < -0.3 is 15.1 Å². The molecule has 3 rings (SSSR count). The molecule has 9 nitrogen and oxygen atoms in total. The summed E-state index contributed by atoms with van der Waals surface area (Å²) in [6, 6.07) is 9.68. The van der Waals surface area contributed by atoms with E-state index in [9.17, 15) is 18.0 Å². The van der Waals surface area contributed by atoms with E-state index in [-0.39, 0.29) is 28.7 Å². The van der Waals surface area contributed by atoms with Gasteiger partial charge in [0.2, 0.25) is 11.8 Å². The quantitative estimate of drug-likeness (QED) is 0.634. The van der Waals surface area contributed by atoms with E-state index in [1.165, 1.54) is 12.1 Å². The van der Waals surface area contributed by atoms with Crippen molar-refractivity contribution in [2.24, 2.45) is 5.92 Å². The fourth-order valence-electron chi connectivity index (χ4n) is 4.03. The van der Waals surface area contributed by atoms with Gasteiger partial charge in [-0.1, -0.05) is 18.2 Å².